The highest BCUT2D eigenvalue weighted by molar-refractivity contribution is 5.93. The van der Waals surface area contributed by atoms with Gasteiger partial charge in [0.05, 0.1) is 6.04 Å². The van der Waals surface area contributed by atoms with Gasteiger partial charge in [0.25, 0.3) is 5.91 Å². The Kier molecular flexibility index (Phi) is 4.97. The average Bonchev–Trinajstić information content (AvgIpc) is 3.30. The van der Waals surface area contributed by atoms with Gasteiger partial charge < -0.3 is 9.80 Å². The summed E-state index contributed by atoms with van der Waals surface area (Å²) in [6.07, 6.45) is 4.19. The van der Waals surface area contributed by atoms with Gasteiger partial charge in [-0.15, -0.1) is 0 Å². The second-order valence-corrected chi connectivity index (χ2v) is 7.47. The normalized spacial score (nSPS) is 22.6. The molecule has 0 spiro atoms. The van der Waals surface area contributed by atoms with Gasteiger partial charge in [0.1, 0.15) is 5.69 Å². The van der Waals surface area contributed by atoms with E-state index in [1.807, 2.05) is 34.9 Å². The quantitative estimate of drug-likeness (QED) is 0.836. The van der Waals surface area contributed by atoms with Crippen LogP contribution < -0.4 is 0 Å². The van der Waals surface area contributed by atoms with Gasteiger partial charge >= 0.3 is 0 Å². The number of aryl methyl sites for hydroxylation is 1. The summed E-state index contributed by atoms with van der Waals surface area (Å²) in [6.45, 7) is 4.61. The van der Waals surface area contributed by atoms with Crippen LogP contribution in [0.15, 0.2) is 42.6 Å². The van der Waals surface area contributed by atoms with E-state index in [2.05, 4.69) is 17.2 Å². The second-order valence-electron chi connectivity index (χ2n) is 7.47. The molecule has 6 heteroatoms. The molecule has 27 heavy (non-hydrogen) atoms. The molecule has 2 amide bonds. The molecular formula is C21H26N4O2. The number of hydrogen-bond donors (Lipinski definition) is 0. The van der Waals surface area contributed by atoms with Crippen molar-refractivity contribution in [2.24, 2.45) is 5.92 Å². The Bertz CT molecular complexity index is 817. The number of benzene rings is 1. The molecule has 2 aromatic rings. The van der Waals surface area contributed by atoms with Gasteiger partial charge in [-0.3, -0.25) is 14.3 Å². The van der Waals surface area contributed by atoms with Crippen molar-refractivity contribution < 1.29 is 9.59 Å². The Hall–Kier alpha value is -2.63. The Balaban J connectivity index is 1.55. The molecule has 2 aliphatic rings. The lowest BCUT2D eigenvalue weighted by Gasteiger charge is -2.30. The first-order valence-electron chi connectivity index (χ1n) is 9.82. The lowest BCUT2D eigenvalue weighted by atomic mass is 9.98. The van der Waals surface area contributed by atoms with Crippen LogP contribution in [-0.4, -0.2) is 50.5 Å². The molecule has 0 aliphatic carbocycles. The van der Waals surface area contributed by atoms with Crippen LogP contribution >= 0.6 is 0 Å². The molecule has 6 nitrogen and oxygen atoms in total. The molecule has 1 aromatic carbocycles. The maximum Gasteiger partial charge on any atom is 0.272 e. The fourth-order valence-corrected chi connectivity index (χ4v) is 4.41. The van der Waals surface area contributed by atoms with Crippen LogP contribution in [0.5, 0.6) is 0 Å². The van der Waals surface area contributed by atoms with Gasteiger partial charge in [0.2, 0.25) is 5.91 Å². The predicted molar refractivity (Wildman–Crippen MR) is 102 cm³/mol. The molecule has 4 rings (SSSR count). The zero-order valence-corrected chi connectivity index (χ0v) is 15.8. The van der Waals surface area contributed by atoms with Gasteiger partial charge in [-0.1, -0.05) is 30.3 Å². The van der Waals surface area contributed by atoms with Gasteiger partial charge in [-0.2, -0.15) is 5.10 Å². The first kappa shape index (κ1) is 17.8. The maximum atomic E-state index is 13.0. The fraction of sp³-hybridized carbons (Fsp3) is 0.476. The van der Waals surface area contributed by atoms with Crippen molar-refractivity contribution in [3.05, 3.63) is 53.9 Å². The smallest absolute Gasteiger partial charge is 0.272 e. The van der Waals surface area contributed by atoms with Crippen molar-refractivity contribution in [2.45, 2.75) is 45.3 Å². The molecule has 3 heterocycles. The van der Waals surface area contributed by atoms with Gasteiger partial charge in [-0.05, 0) is 37.3 Å². The molecule has 0 radical (unpaired) electrons. The Labute approximate surface area is 159 Å². The summed E-state index contributed by atoms with van der Waals surface area (Å²) < 4.78 is 1.74. The topological polar surface area (TPSA) is 58.4 Å². The fourth-order valence-electron chi connectivity index (χ4n) is 4.41. The third-order valence-corrected chi connectivity index (χ3v) is 5.81. The van der Waals surface area contributed by atoms with Crippen molar-refractivity contribution in [1.29, 1.82) is 0 Å². The third-order valence-electron chi connectivity index (χ3n) is 5.81. The van der Waals surface area contributed by atoms with Crippen LogP contribution in [-0.2, 0) is 17.9 Å². The van der Waals surface area contributed by atoms with Gasteiger partial charge in [0.15, 0.2) is 0 Å². The largest absolute Gasteiger partial charge is 0.335 e. The molecule has 142 valence electrons. The van der Waals surface area contributed by atoms with Crippen LogP contribution in [0.25, 0.3) is 0 Å². The molecule has 0 unspecified atom stereocenters. The zero-order chi connectivity index (χ0) is 18.8. The van der Waals surface area contributed by atoms with Crippen molar-refractivity contribution >= 4 is 11.8 Å². The Morgan fingerprint density at radius 2 is 2.00 bits per heavy atom. The molecule has 1 aromatic heterocycles. The van der Waals surface area contributed by atoms with E-state index in [0.717, 1.165) is 24.9 Å². The minimum Gasteiger partial charge on any atom is -0.335 e. The van der Waals surface area contributed by atoms with Crippen LogP contribution in [0.1, 0.15) is 42.2 Å². The second kappa shape index (κ2) is 7.55. The van der Waals surface area contributed by atoms with E-state index in [9.17, 15) is 9.59 Å². The highest BCUT2D eigenvalue weighted by Gasteiger charge is 2.42. The molecule has 2 aliphatic heterocycles. The summed E-state index contributed by atoms with van der Waals surface area (Å²) in [6, 6.07) is 12.0. The maximum absolute atomic E-state index is 13.0. The minimum atomic E-state index is 0.0227. The van der Waals surface area contributed by atoms with Crippen LogP contribution in [0.3, 0.4) is 0 Å². The first-order valence-corrected chi connectivity index (χ1v) is 9.82. The number of rotatable bonds is 4. The molecule has 2 saturated heterocycles. The standard InChI is InChI=1S/C21H26N4O2/c1-2-25-18(11-12-22-25)21(27)23-14-17-9-6-10-20(26)24(19(17)15-23)13-16-7-4-3-5-8-16/h3-5,7-8,11-12,17,19H,2,6,9-10,13-15H2,1H3/t17-,19+/m1/s1. The van der Waals surface area contributed by atoms with Crippen LogP contribution in [0, 0.1) is 5.92 Å². The van der Waals surface area contributed by atoms with E-state index in [4.69, 9.17) is 0 Å². The van der Waals surface area contributed by atoms with Gasteiger partial charge in [-0.25, -0.2) is 0 Å². The van der Waals surface area contributed by atoms with Crippen molar-refractivity contribution in [3.63, 3.8) is 0 Å². The summed E-state index contributed by atoms with van der Waals surface area (Å²) in [5.41, 5.74) is 1.77. The lowest BCUT2D eigenvalue weighted by Crippen LogP contribution is -2.43. The number of fused-ring (bicyclic) bond motifs is 1. The lowest BCUT2D eigenvalue weighted by molar-refractivity contribution is -0.133. The minimum absolute atomic E-state index is 0.0227. The number of likely N-dealkylation sites (tertiary alicyclic amines) is 2. The average molecular weight is 366 g/mol. The van der Waals surface area contributed by atoms with E-state index >= 15 is 0 Å². The van der Waals surface area contributed by atoms with E-state index in [0.29, 0.717) is 37.7 Å². The summed E-state index contributed by atoms with van der Waals surface area (Å²) in [5, 5.41) is 4.22. The first-order chi connectivity index (χ1) is 13.2. The van der Waals surface area contributed by atoms with E-state index in [1.165, 1.54) is 0 Å². The van der Waals surface area contributed by atoms with E-state index in [-0.39, 0.29) is 17.9 Å². The number of carbonyl (C=O) groups excluding carboxylic acids is 2. The summed E-state index contributed by atoms with van der Waals surface area (Å²) in [5.74, 6) is 0.580. The summed E-state index contributed by atoms with van der Waals surface area (Å²) in [7, 11) is 0. The molecule has 2 atom stereocenters. The van der Waals surface area contributed by atoms with Crippen molar-refractivity contribution in [1.82, 2.24) is 19.6 Å². The third kappa shape index (κ3) is 3.48. The number of amides is 2. The monoisotopic (exact) mass is 366 g/mol. The molecule has 0 saturated carbocycles. The zero-order valence-electron chi connectivity index (χ0n) is 15.8. The molecule has 0 bridgehead atoms. The van der Waals surface area contributed by atoms with E-state index in [1.54, 1.807) is 16.9 Å². The van der Waals surface area contributed by atoms with Crippen molar-refractivity contribution in [3.8, 4) is 0 Å². The number of aromatic nitrogens is 2. The summed E-state index contributed by atoms with van der Waals surface area (Å²) >= 11 is 0. The van der Waals surface area contributed by atoms with E-state index < -0.39 is 0 Å². The highest BCUT2D eigenvalue weighted by atomic mass is 16.2. The number of carbonyl (C=O) groups is 2. The van der Waals surface area contributed by atoms with Crippen molar-refractivity contribution in [2.75, 3.05) is 13.1 Å². The van der Waals surface area contributed by atoms with Crippen LogP contribution in [0.2, 0.25) is 0 Å². The molecular weight excluding hydrogens is 340 g/mol. The number of hydrogen-bond acceptors (Lipinski definition) is 3. The highest BCUT2D eigenvalue weighted by Crippen LogP contribution is 2.32. The molecule has 2 fully saturated rings. The van der Waals surface area contributed by atoms with Crippen LogP contribution in [0.4, 0.5) is 0 Å². The SMILES string of the molecule is CCn1nccc1C(=O)N1C[C@H]2CCCC(=O)N(Cc3ccccc3)[C@H]2C1. The summed E-state index contributed by atoms with van der Waals surface area (Å²) in [4.78, 5) is 29.7. The number of nitrogens with zero attached hydrogens (tertiary/aromatic N) is 4. The molecule has 0 N–H and O–H groups in total. The van der Waals surface area contributed by atoms with Gasteiger partial charge in [0, 0.05) is 38.8 Å². The Morgan fingerprint density at radius 3 is 2.78 bits per heavy atom. The Morgan fingerprint density at radius 1 is 1.19 bits per heavy atom. The predicted octanol–water partition coefficient (Wildman–Crippen LogP) is 2.56.